The van der Waals surface area contributed by atoms with Crippen LogP contribution in [0.15, 0.2) is 64.8 Å². The van der Waals surface area contributed by atoms with Gasteiger partial charge in [-0.2, -0.15) is 9.64 Å². The molecule has 0 saturated heterocycles. The van der Waals surface area contributed by atoms with Gasteiger partial charge in [-0.1, -0.05) is 24.3 Å². The van der Waals surface area contributed by atoms with Crippen molar-refractivity contribution in [2.24, 2.45) is 10.2 Å². The Labute approximate surface area is 230 Å². The Morgan fingerprint density at radius 2 is 1.74 bits per heavy atom. The van der Waals surface area contributed by atoms with Crippen molar-refractivity contribution in [1.82, 2.24) is 4.37 Å². The van der Waals surface area contributed by atoms with Crippen LogP contribution in [0.2, 0.25) is 0 Å². The second kappa shape index (κ2) is 14.7. The van der Waals surface area contributed by atoms with Gasteiger partial charge in [0.25, 0.3) is 0 Å². The molecular formula is C27H28N6O5S. The molecule has 0 unspecified atom stereocenters. The number of esters is 2. The summed E-state index contributed by atoms with van der Waals surface area (Å²) in [5.41, 5.74) is 10.00. The predicted molar refractivity (Wildman–Crippen MR) is 148 cm³/mol. The second-order valence-electron chi connectivity index (χ2n) is 8.14. The molecule has 0 aliphatic carbocycles. The first-order chi connectivity index (χ1) is 18.5. The van der Waals surface area contributed by atoms with E-state index < -0.39 is 11.9 Å². The Morgan fingerprint density at radius 1 is 1.08 bits per heavy atom. The third-order valence-electron chi connectivity index (χ3n) is 4.72. The zero-order valence-corrected chi connectivity index (χ0v) is 22.8. The molecule has 39 heavy (non-hydrogen) atoms. The van der Waals surface area contributed by atoms with Crippen molar-refractivity contribution >= 4 is 51.4 Å². The highest BCUT2D eigenvalue weighted by molar-refractivity contribution is 7.10. The van der Waals surface area contributed by atoms with Crippen LogP contribution in [0.5, 0.6) is 0 Å². The SMILES string of the molecule is C=C(C)C(=O)OCCOC(=O)c1ccc(C)cc1.CC(=O)Nc1cc(N)ccc1N=Nc1snc(C)c1C#N. The first-order valence-corrected chi connectivity index (χ1v) is 12.3. The van der Waals surface area contributed by atoms with Crippen molar-refractivity contribution in [2.45, 2.75) is 27.7 Å². The first kappa shape index (κ1) is 30.3. The van der Waals surface area contributed by atoms with Gasteiger partial charge in [-0.25, -0.2) is 9.59 Å². The number of nitrogens with zero attached hydrogens (tertiary/aromatic N) is 4. The summed E-state index contributed by atoms with van der Waals surface area (Å²) in [5.74, 6) is -1.15. The van der Waals surface area contributed by atoms with Crippen LogP contribution >= 0.6 is 11.5 Å². The van der Waals surface area contributed by atoms with E-state index in [0.29, 0.717) is 44.5 Å². The number of nitriles is 1. The standard InChI is InChI=1S/C14H16O4.C13H12N6OS/c1-10(2)13(15)17-8-9-18-14(16)12-6-4-11(3)5-7-12;1-7-10(6-14)13(21-19-7)18-17-11-4-3-9(15)5-12(11)16-8(2)20/h4-7H,1,8-9H2,2-3H3;3-5H,15H2,1-2H3,(H,16,20). The summed E-state index contributed by atoms with van der Waals surface area (Å²) in [6.07, 6.45) is 0. The van der Waals surface area contributed by atoms with Crippen LogP contribution < -0.4 is 11.1 Å². The first-order valence-electron chi connectivity index (χ1n) is 11.5. The molecule has 0 atom stereocenters. The predicted octanol–water partition coefficient (Wildman–Crippen LogP) is 5.55. The molecule has 0 spiro atoms. The molecule has 3 rings (SSSR count). The van der Waals surface area contributed by atoms with Crippen molar-refractivity contribution < 1.29 is 23.9 Å². The number of azo groups is 1. The molecule has 1 aromatic heterocycles. The molecule has 0 radical (unpaired) electrons. The lowest BCUT2D eigenvalue weighted by atomic mass is 10.1. The number of aromatic nitrogens is 1. The van der Waals surface area contributed by atoms with Gasteiger partial charge in [0.05, 0.1) is 16.9 Å². The van der Waals surface area contributed by atoms with Gasteiger partial charge in [-0.05, 0) is 62.6 Å². The van der Waals surface area contributed by atoms with Crippen LogP contribution in [0.3, 0.4) is 0 Å². The summed E-state index contributed by atoms with van der Waals surface area (Å²) in [5, 5.41) is 20.2. The molecule has 3 N–H and O–H groups in total. The maximum absolute atomic E-state index is 11.6. The lowest BCUT2D eigenvalue weighted by molar-refractivity contribution is -0.140. The average Bonchev–Trinajstić information content (AvgIpc) is 3.25. The van der Waals surface area contributed by atoms with E-state index in [9.17, 15) is 14.4 Å². The number of nitrogen functional groups attached to an aromatic ring is 1. The smallest absolute Gasteiger partial charge is 0.338 e. The average molecular weight is 549 g/mol. The number of ether oxygens (including phenoxy) is 2. The highest BCUT2D eigenvalue weighted by atomic mass is 32.1. The number of rotatable bonds is 8. The maximum atomic E-state index is 11.6. The highest BCUT2D eigenvalue weighted by Gasteiger charge is 2.10. The summed E-state index contributed by atoms with van der Waals surface area (Å²) in [6.45, 7) is 10.1. The third kappa shape index (κ3) is 9.83. The number of benzene rings is 2. The Morgan fingerprint density at radius 3 is 2.36 bits per heavy atom. The van der Waals surface area contributed by atoms with Crippen molar-refractivity contribution in [2.75, 3.05) is 24.3 Å². The van der Waals surface area contributed by atoms with Crippen LogP contribution in [-0.4, -0.2) is 35.4 Å². The number of aryl methyl sites for hydroxylation is 2. The summed E-state index contributed by atoms with van der Waals surface area (Å²) < 4.78 is 13.8. The number of carbonyl (C=O) groups is 3. The Balaban J connectivity index is 0.000000277. The molecule has 1 amide bonds. The van der Waals surface area contributed by atoms with E-state index in [0.717, 1.165) is 17.1 Å². The minimum Gasteiger partial charge on any atom is -0.459 e. The lowest BCUT2D eigenvalue weighted by Gasteiger charge is -2.06. The fraction of sp³-hybridized carbons (Fsp3) is 0.222. The van der Waals surface area contributed by atoms with Gasteiger partial charge >= 0.3 is 11.9 Å². The van der Waals surface area contributed by atoms with Crippen LogP contribution in [-0.2, 0) is 19.1 Å². The van der Waals surface area contributed by atoms with Crippen molar-refractivity contribution in [3.8, 4) is 6.07 Å². The molecule has 11 nitrogen and oxygen atoms in total. The van der Waals surface area contributed by atoms with E-state index in [4.69, 9.17) is 20.5 Å². The van der Waals surface area contributed by atoms with Crippen LogP contribution in [0.1, 0.15) is 41.0 Å². The molecule has 0 aliphatic rings. The molecule has 1 heterocycles. The number of amides is 1. The Bertz CT molecular complexity index is 1420. The number of hydrogen-bond donors (Lipinski definition) is 2. The Kier molecular flexibility index (Phi) is 11.5. The fourth-order valence-corrected chi connectivity index (χ4v) is 3.43. The maximum Gasteiger partial charge on any atom is 0.338 e. The van der Waals surface area contributed by atoms with Crippen molar-refractivity contribution in [1.29, 1.82) is 5.26 Å². The van der Waals surface area contributed by atoms with Crippen molar-refractivity contribution in [3.05, 3.63) is 77.0 Å². The van der Waals surface area contributed by atoms with Gasteiger partial charge in [0.1, 0.15) is 30.5 Å². The largest absolute Gasteiger partial charge is 0.459 e. The molecule has 3 aromatic rings. The zero-order valence-electron chi connectivity index (χ0n) is 22.0. The van der Waals surface area contributed by atoms with E-state index in [2.05, 4.69) is 26.5 Å². The van der Waals surface area contributed by atoms with Crippen LogP contribution in [0.4, 0.5) is 22.1 Å². The van der Waals surface area contributed by atoms with Gasteiger partial charge < -0.3 is 20.5 Å². The van der Waals surface area contributed by atoms with Crippen LogP contribution in [0.25, 0.3) is 0 Å². The van der Waals surface area contributed by atoms with Gasteiger partial charge in [0, 0.05) is 18.2 Å². The number of nitrogens with two attached hydrogens (primary N) is 1. The normalized spacial score (nSPS) is 10.1. The number of carbonyl (C=O) groups excluding carboxylic acids is 3. The second-order valence-corrected chi connectivity index (χ2v) is 8.89. The van der Waals surface area contributed by atoms with Gasteiger partial charge in [-0.3, -0.25) is 4.79 Å². The highest BCUT2D eigenvalue weighted by Crippen LogP contribution is 2.32. The quantitative estimate of drug-likeness (QED) is 0.121. The van der Waals surface area contributed by atoms with Gasteiger partial charge in [0.2, 0.25) is 5.91 Å². The minimum absolute atomic E-state index is 0.0310. The molecule has 0 aliphatic heterocycles. The summed E-state index contributed by atoms with van der Waals surface area (Å²) in [6, 6.07) is 14.0. The summed E-state index contributed by atoms with van der Waals surface area (Å²) >= 11 is 1.10. The number of nitrogens with one attached hydrogen (secondary N) is 1. The third-order valence-corrected chi connectivity index (χ3v) is 5.55. The van der Waals surface area contributed by atoms with E-state index in [1.54, 1.807) is 44.2 Å². The molecule has 0 bridgehead atoms. The number of anilines is 2. The van der Waals surface area contributed by atoms with Crippen molar-refractivity contribution in [3.63, 3.8) is 0 Å². The van der Waals surface area contributed by atoms with E-state index in [1.807, 2.05) is 25.1 Å². The summed E-state index contributed by atoms with van der Waals surface area (Å²) in [4.78, 5) is 33.8. The van der Waals surface area contributed by atoms with Crippen LogP contribution in [0, 0.1) is 25.2 Å². The topological polar surface area (TPSA) is 169 Å². The van der Waals surface area contributed by atoms with E-state index in [-0.39, 0.29) is 19.1 Å². The molecule has 0 fully saturated rings. The zero-order chi connectivity index (χ0) is 28.9. The fourth-order valence-electron chi connectivity index (χ4n) is 2.75. The molecule has 0 saturated carbocycles. The summed E-state index contributed by atoms with van der Waals surface area (Å²) in [7, 11) is 0. The van der Waals surface area contributed by atoms with Gasteiger partial charge in [-0.15, -0.1) is 10.2 Å². The molecular weight excluding hydrogens is 520 g/mol. The molecule has 12 heteroatoms. The van der Waals surface area contributed by atoms with E-state index in [1.165, 1.54) is 6.92 Å². The molecule has 202 valence electrons. The lowest BCUT2D eigenvalue weighted by Crippen LogP contribution is -2.14. The van der Waals surface area contributed by atoms with E-state index >= 15 is 0 Å². The van der Waals surface area contributed by atoms with Gasteiger partial charge in [0.15, 0.2) is 5.00 Å². The Hall–Kier alpha value is -4.89. The minimum atomic E-state index is -0.485. The monoisotopic (exact) mass is 548 g/mol. The molecule has 2 aromatic carbocycles. The number of hydrogen-bond acceptors (Lipinski definition) is 11.